The van der Waals surface area contributed by atoms with E-state index in [4.69, 9.17) is 4.74 Å². The van der Waals surface area contributed by atoms with E-state index in [-0.39, 0.29) is 0 Å². The number of nitrogens with zero attached hydrogens (tertiary/aromatic N) is 1. The van der Waals surface area contributed by atoms with Gasteiger partial charge in [0.05, 0.1) is 0 Å². The number of aliphatic imine (C=N–C) groups is 1. The van der Waals surface area contributed by atoms with Gasteiger partial charge in [-0.15, -0.1) is 0 Å². The van der Waals surface area contributed by atoms with Crippen LogP contribution in [0.1, 0.15) is 34.1 Å². The summed E-state index contributed by atoms with van der Waals surface area (Å²) in [5, 5.41) is 0. The highest BCUT2D eigenvalue weighted by molar-refractivity contribution is 5.80. The highest BCUT2D eigenvalue weighted by Gasteiger charge is 2.14. The van der Waals surface area contributed by atoms with E-state index in [1.807, 2.05) is 6.92 Å². The average Bonchev–Trinajstić information content (AvgIpc) is 1.81. The van der Waals surface area contributed by atoms with Gasteiger partial charge in [0.15, 0.2) is 0 Å². The van der Waals surface area contributed by atoms with Crippen LogP contribution in [0.4, 0.5) is 4.79 Å². The Labute approximate surface area is 79.5 Å². The van der Waals surface area contributed by atoms with Crippen LogP contribution < -0.4 is 0 Å². The van der Waals surface area contributed by atoms with Gasteiger partial charge in [0, 0.05) is 12.6 Å². The van der Waals surface area contributed by atoms with Crippen molar-refractivity contribution < 1.29 is 9.53 Å². The lowest BCUT2D eigenvalue weighted by molar-refractivity contribution is 0.0605. The van der Waals surface area contributed by atoms with Crippen LogP contribution in [-0.4, -0.2) is 17.9 Å². The van der Waals surface area contributed by atoms with Crippen LogP contribution in [-0.2, 0) is 4.74 Å². The van der Waals surface area contributed by atoms with Crippen LogP contribution >= 0.6 is 0 Å². The van der Waals surface area contributed by atoms with Crippen molar-refractivity contribution in [2.75, 3.05) is 0 Å². The molecule has 0 unspecified atom stereocenters. The van der Waals surface area contributed by atoms with Crippen LogP contribution in [0.2, 0.25) is 0 Å². The SMILES string of the molecule is C=C(C)CC=NC(=O)OC(C)(C)C. The van der Waals surface area contributed by atoms with Crippen LogP contribution in [0, 0.1) is 0 Å². The lowest BCUT2D eigenvalue weighted by Crippen LogP contribution is -2.21. The number of hydrogen-bond acceptors (Lipinski definition) is 2. The Morgan fingerprint density at radius 1 is 1.54 bits per heavy atom. The van der Waals surface area contributed by atoms with Gasteiger partial charge >= 0.3 is 6.09 Å². The largest absolute Gasteiger partial charge is 0.442 e. The molecule has 0 aliphatic heterocycles. The third kappa shape index (κ3) is 8.79. The number of rotatable bonds is 2. The van der Waals surface area contributed by atoms with E-state index in [0.717, 1.165) is 5.57 Å². The maximum atomic E-state index is 11.0. The summed E-state index contributed by atoms with van der Waals surface area (Å²) in [6.45, 7) is 11.0. The van der Waals surface area contributed by atoms with Gasteiger partial charge in [-0.25, -0.2) is 4.79 Å². The molecule has 0 N–H and O–H groups in total. The fraction of sp³-hybridized carbons (Fsp3) is 0.600. The van der Waals surface area contributed by atoms with Gasteiger partial charge in [-0.2, -0.15) is 4.99 Å². The van der Waals surface area contributed by atoms with Gasteiger partial charge in [0.25, 0.3) is 0 Å². The maximum absolute atomic E-state index is 11.0. The molecule has 0 heterocycles. The Morgan fingerprint density at radius 2 is 2.08 bits per heavy atom. The van der Waals surface area contributed by atoms with Crippen LogP contribution in [0.5, 0.6) is 0 Å². The minimum Gasteiger partial charge on any atom is -0.442 e. The predicted molar refractivity (Wildman–Crippen MR) is 54.2 cm³/mol. The van der Waals surface area contributed by atoms with E-state index in [9.17, 15) is 4.79 Å². The van der Waals surface area contributed by atoms with Gasteiger partial charge < -0.3 is 4.74 Å². The summed E-state index contributed by atoms with van der Waals surface area (Å²) in [6.07, 6.45) is 1.57. The van der Waals surface area contributed by atoms with E-state index in [1.54, 1.807) is 20.8 Å². The van der Waals surface area contributed by atoms with E-state index < -0.39 is 11.7 Å². The molecule has 0 bridgehead atoms. The first-order chi connectivity index (χ1) is 5.81. The molecular formula is C10H17NO2. The molecule has 0 fully saturated rings. The summed E-state index contributed by atoms with van der Waals surface area (Å²) in [7, 11) is 0. The molecule has 0 aromatic rings. The van der Waals surface area contributed by atoms with Crippen molar-refractivity contribution in [2.24, 2.45) is 4.99 Å². The molecule has 0 aliphatic rings. The standard InChI is InChI=1S/C10H17NO2/c1-8(2)6-7-11-9(12)13-10(3,4)5/h7H,1,6H2,2-5H3. The summed E-state index contributed by atoms with van der Waals surface area (Å²) in [5.74, 6) is 0. The second-order valence-corrected chi connectivity index (χ2v) is 3.95. The second-order valence-electron chi connectivity index (χ2n) is 3.95. The monoisotopic (exact) mass is 183 g/mol. The molecule has 0 saturated heterocycles. The Bertz CT molecular complexity index is 224. The second kappa shape index (κ2) is 4.80. The summed E-state index contributed by atoms with van der Waals surface area (Å²) < 4.78 is 4.95. The smallest absolute Gasteiger partial charge is 0.433 e. The van der Waals surface area contributed by atoms with Crippen molar-refractivity contribution in [1.82, 2.24) is 0 Å². The Kier molecular flexibility index (Phi) is 4.38. The highest BCUT2D eigenvalue weighted by Crippen LogP contribution is 2.07. The number of allylic oxidation sites excluding steroid dienone is 1. The molecule has 0 saturated carbocycles. The van der Waals surface area contributed by atoms with Crippen LogP contribution in [0.15, 0.2) is 17.1 Å². The van der Waals surface area contributed by atoms with Gasteiger partial charge in [0.2, 0.25) is 0 Å². The topological polar surface area (TPSA) is 38.7 Å². The molecule has 0 aliphatic carbocycles. The molecule has 0 aromatic carbocycles. The third-order valence-electron chi connectivity index (χ3n) is 1.03. The van der Waals surface area contributed by atoms with Crippen molar-refractivity contribution in [1.29, 1.82) is 0 Å². The zero-order chi connectivity index (χ0) is 10.5. The fourth-order valence-electron chi connectivity index (χ4n) is 0.564. The summed E-state index contributed by atoms with van der Waals surface area (Å²) in [5.41, 5.74) is 0.491. The van der Waals surface area contributed by atoms with Crippen molar-refractivity contribution in [3.8, 4) is 0 Å². The first kappa shape index (κ1) is 11.9. The zero-order valence-corrected chi connectivity index (χ0v) is 8.76. The Hall–Kier alpha value is -1.12. The average molecular weight is 183 g/mol. The molecule has 0 atom stereocenters. The zero-order valence-electron chi connectivity index (χ0n) is 8.76. The predicted octanol–water partition coefficient (Wildman–Crippen LogP) is 2.96. The van der Waals surface area contributed by atoms with Crippen LogP contribution in [0.25, 0.3) is 0 Å². The van der Waals surface area contributed by atoms with E-state index in [0.29, 0.717) is 6.42 Å². The number of carbonyl (C=O) groups is 1. The number of hydrogen-bond donors (Lipinski definition) is 0. The fourth-order valence-corrected chi connectivity index (χ4v) is 0.564. The van der Waals surface area contributed by atoms with Crippen LogP contribution in [0.3, 0.4) is 0 Å². The quantitative estimate of drug-likeness (QED) is 0.487. The summed E-state index contributed by atoms with van der Waals surface area (Å²) >= 11 is 0. The van der Waals surface area contributed by atoms with Gasteiger partial charge in [-0.1, -0.05) is 12.2 Å². The molecule has 13 heavy (non-hydrogen) atoms. The normalized spacial score (nSPS) is 11.7. The summed E-state index contributed by atoms with van der Waals surface area (Å²) in [6, 6.07) is 0. The summed E-state index contributed by atoms with van der Waals surface area (Å²) in [4.78, 5) is 14.6. The van der Waals surface area contributed by atoms with Gasteiger partial charge in [-0.3, -0.25) is 0 Å². The number of amides is 1. The first-order valence-electron chi connectivity index (χ1n) is 4.21. The van der Waals surface area contributed by atoms with Gasteiger partial charge in [-0.05, 0) is 27.7 Å². The third-order valence-corrected chi connectivity index (χ3v) is 1.03. The van der Waals surface area contributed by atoms with Crippen molar-refractivity contribution in [3.63, 3.8) is 0 Å². The number of carbonyl (C=O) groups excluding carboxylic acids is 1. The lowest BCUT2D eigenvalue weighted by Gasteiger charge is -2.16. The molecule has 74 valence electrons. The Morgan fingerprint density at radius 3 is 2.46 bits per heavy atom. The molecule has 0 aromatic heterocycles. The van der Waals surface area contributed by atoms with E-state index in [1.165, 1.54) is 6.21 Å². The Balaban J connectivity index is 3.88. The molecule has 0 spiro atoms. The minimum atomic E-state index is -0.547. The van der Waals surface area contributed by atoms with Crippen molar-refractivity contribution >= 4 is 12.3 Å². The first-order valence-corrected chi connectivity index (χ1v) is 4.21. The molecular weight excluding hydrogens is 166 g/mol. The lowest BCUT2D eigenvalue weighted by atomic mass is 10.2. The molecule has 0 rings (SSSR count). The van der Waals surface area contributed by atoms with Gasteiger partial charge in [0.1, 0.15) is 5.60 Å². The highest BCUT2D eigenvalue weighted by atomic mass is 16.6. The minimum absolute atomic E-state index is 0.475. The van der Waals surface area contributed by atoms with E-state index >= 15 is 0 Å². The molecule has 1 amide bonds. The molecule has 3 nitrogen and oxygen atoms in total. The molecule has 0 radical (unpaired) electrons. The number of ether oxygens (including phenoxy) is 1. The van der Waals surface area contributed by atoms with E-state index in [2.05, 4.69) is 11.6 Å². The maximum Gasteiger partial charge on any atom is 0.433 e. The molecule has 3 heteroatoms. The van der Waals surface area contributed by atoms with Crippen molar-refractivity contribution in [3.05, 3.63) is 12.2 Å². The van der Waals surface area contributed by atoms with Crippen molar-refractivity contribution in [2.45, 2.75) is 39.7 Å².